The molecule has 0 saturated carbocycles. The van der Waals surface area contributed by atoms with E-state index in [1.807, 2.05) is 23.9 Å². The normalized spacial score (nSPS) is 15.4. The number of hydrogen-bond donors (Lipinski definition) is 1. The lowest BCUT2D eigenvalue weighted by Gasteiger charge is -2.28. The molecule has 1 aliphatic heterocycles. The monoisotopic (exact) mass is 296 g/mol. The predicted octanol–water partition coefficient (Wildman–Crippen LogP) is 2.61. The first-order valence-corrected chi connectivity index (χ1v) is 8.42. The summed E-state index contributed by atoms with van der Waals surface area (Å²) in [4.78, 5) is 2.36. The van der Waals surface area contributed by atoms with E-state index < -0.39 is 0 Å². The highest BCUT2D eigenvalue weighted by molar-refractivity contribution is 7.98. The molecule has 2 N–H and O–H groups in total. The van der Waals surface area contributed by atoms with Crippen molar-refractivity contribution in [3.8, 4) is 11.5 Å². The number of nitrogen functional groups attached to an aromatic ring is 1. The third kappa shape index (κ3) is 3.52. The highest BCUT2D eigenvalue weighted by Gasteiger charge is 2.18. The average Bonchev–Trinajstić information content (AvgIpc) is 2.45. The standard InChI is InChI=1S/C15H24N2O2S/c1-4-12(10-20-3)17(2)9-11-7-14-15(8-13(11)16)19-6-5-18-14/h7-8,12H,4-6,9-10,16H2,1-3H3. The molecule has 0 radical (unpaired) electrons. The highest BCUT2D eigenvalue weighted by Crippen LogP contribution is 2.35. The summed E-state index contributed by atoms with van der Waals surface area (Å²) in [6, 6.07) is 4.47. The van der Waals surface area contributed by atoms with Gasteiger partial charge in [0, 0.05) is 30.1 Å². The van der Waals surface area contributed by atoms with E-state index in [1.54, 1.807) is 0 Å². The summed E-state index contributed by atoms with van der Waals surface area (Å²) in [6.07, 6.45) is 3.29. The van der Waals surface area contributed by atoms with Crippen LogP contribution in [0.4, 0.5) is 5.69 Å². The van der Waals surface area contributed by atoms with Crippen LogP contribution in [0.2, 0.25) is 0 Å². The summed E-state index contributed by atoms with van der Waals surface area (Å²) in [5.74, 6) is 2.71. The molecule has 0 spiro atoms. The highest BCUT2D eigenvalue weighted by atomic mass is 32.2. The SMILES string of the molecule is CCC(CSC)N(C)Cc1cc2c(cc1N)OCCO2. The minimum absolute atomic E-state index is 0.567. The maximum absolute atomic E-state index is 6.14. The van der Waals surface area contributed by atoms with Gasteiger partial charge in [-0.05, 0) is 31.4 Å². The number of anilines is 1. The number of hydrogen-bond acceptors (Lipinski definition) is 5. The summed E-state index contributed by atoms with van der Waals surface area (Å²) >= 11 is 1.88. The van der Waals surface area contributed by atoms with Gasteiger partial charge in [-0.15, -0.1) is 0 Å². The number of rotatable bonds is 6. The Bertz CT molecular complexity index is 454. The largest absolute Gasteiger partial charge is 0.486 e. The Balaban J connectivity index is 2.12. The van der Waals surface area contributed by atoms with Gasteiger partial charge < -0.3 is 15.2 Å². The van der Waals surface area contributed by atoms with Crippen LogP contribution < -0.4 is 15.2 Å². The van der Waals surface area contributed by atoms with Gasteiger partial charge in [0.15, 0.2) is 11.5 Å². The smallest absolute Gasteiger partial charge is 0.163 e. The second-order valence-electron chi connectivity index (χ2n) is 5.13. The van der Waals surface area contributed by atoms with Crippen molar-refractivity contribution in [2.24, 2.45) is 0 Å². The van der Waals surface area contributed by atoms with Gasteiger partial charge in [0.1, 0.15) is 13.2 Å². The van der Waals surface area contributed by atoms with Crippen molar-refractivity contribution in [1.82, 2.24) is 4.90 Å². The summed E-state index contributed by atoms with van der Waals surface area (Å²) in [5, 5.41) is 0. The molecule has 112 valence electrons. The van der Waals surface area contributed by atoms with E-state index in [1.165, 1.54) is 0 Å². The fourth-order valence-corrected chi connectivity index (χ4v) is 3.31. The van der Waals surface area contributed by atoms with Crippen molar-refractivity contribution in [3.63, 3.8) is 0 Å². The van der Waals surface area contributed by atoms with Gasteiger partial charge in [-0.25, -0.2) is 0 Å². The minimum Gasteiger partial charge on any atom is -0.486 e. The molecule has 1 unspecified atom stereocenters. The van der Waals surface area contributed by atoms with Crippen LogP contribution in [0.5, 0.6) is 11.5 Å². The number of fused-ring (bicyclic) bond motifs is 1. The van der Waals surface area contributed by atoms with Crippen LogP contribution in [-0.2, 0) is 6.54 Å². The van der Waals surface area contributed by atoms with E-state index in [4.69, 9.17) is 15.2 Å². The van der Waals surface area contributed by atoms with Crippen LogP contribution in [0, 0.1) is 0 Å². The van der Waals surface area contributed by atoms with E-state index in [2.05, 4.69) is 25.1 Å². The van der Waals surface area contributed by atoms with Gasteiger partial charge in [0.05, 0.1) is 0 Å². The molecular weight excluding hydrogens is 272 g/mol. The summed E-state index contributed by atoms with van der Waals surface area (Å²) in [7, 11) is 2.15. The third-order valence-electron chi connectivity index (χ3n) is 3.68. The Morgan fingerprint density at radius 1 is 1.30 bits per heavy atom. The van der Waals surface area contributed by atoms with Crippen LogP contribution in [0.1, 0.15) is 18.9 Å². The molecular formula is C15H24N2O2S. The topological polar surface area (TPSA) is 47.7 Å². The summed E-state index contributed by atoms with van der Waals surface area (Å²) < 4.78 is 11.2. The number of ether oxygens (including phenoxy) is 2. The second kappa shape index (κ2) is 7.09. The van der Waals surface area contributed by atoms with Crippen LogP contribution >= 0.6 is 11.8 Å². The Morgan fingerprint density at radius 2 is 1.95 bits per heavy atom. The number of nitrogens with two attached hydrogens (primary N) is 1. The van der Waals surface area contributed by atoms with Crippen LogP contribution in [-0.4, -0.2) is 43.2 Å². The number of benzene rings is 1. The first kappa shape index (κ1) is 15.3. The Labute approximate surface area is 125 Å². The Morgan fingerprint density at radius 3 is 2.55 bits per heavy atom. The lowest BCUT2D eigenvalue weighted by molar-refractivity contribution is 0.171. The van der Waals surface area contributed by atoms with E-state index >= 15 is 0 Å². The van der Waals surface area contributed by atoms with E-state index in [0.717, 1.165) is 41.5 Å². The van der Waals surface area contributed by atoms with Crippen LogP contribution in [0.3, 0.4) is 0 Å². The van der Waals surface area contributed by atoms with Crippen molar-refractivity contribution in [3.05, 3.63) is 17.7 Å². The van der Waals surface area contributed by atoms with E-state index in [9.17, 15) is 0 Å². The second-order valence-corrected chi connectivity index (χ2v) is 6.04. The summed E-state index contributed by atoms with van der Waals surface area (Å²) in [5.41, 5.74) is 8.03. The average molecular weight is 296 g/mol. The van der Waals surface area contributed by atoms with E-state index in [0.29, 0.717) is 19.3 Å². The van der Waals surface area contributed by atoms with Crippen molar-refractivity contribution in [1.29, 1.82) is 0 Å². The lowest BCUT2D eigenvalue weighted by Crippen LogP contribution is -2.33. The minimum atomic E-state index is 0.567. The van der Waals surface area contributed by atoms with Gasteiger partial charge in [-0.3, -0.25) is 4.90 Å². The van der Waals surface area contributed by atoms with Crippen molar-refractivity contribution >= 4 is 17.4 Å². The molecule has 20 heavy (non-hydrogen) atoms. The van der Waals surface area contributed by atoms with Crippen molar-refractivity contribution in [2.45, 2.75) is 25.9 Å². The Hall–Kier alpha value is -1.07. The zero-order valence-electron chi connectivity index (χ0n) is 12.5. The molecule has 1 atom stereocenters. The fourth-order valence-electron chi connectivity index (χ4n) is 2.43. The molecule has 1 heterocycles. The number of nitrogens with zero attached hydrogens (tertiary/aromatic N) is 1. The molecule has 4 nitrogen and oxygen atoms in total. The van der Waals surface area contributed by atoms with Gasteiger partial charge in [-0.2, -0.15) is 11.8 Å². The maximum Gasteiger partial charge on any atom is 0.163 e. The third-order valence-corrected chi connectivity index (χ3v) is 4.40. The maximum atomic E-state index is 6.14. The predicted molar refractivity (Wildman–Crippen MR) is 85.8 cm³/mol. The molecule has 0 saturated heterocycles. The number of thioether (sulfide) groups is 1. The van der Waals surface area contributed by atoms with Gasteiger partial charge in [0.25, 0.3) is 0 Å². The summed E-state index contributed by atoms with van der Waals surface area (Å²) in [6.45, 7) is 4.26. The molecule has 1 aliphatic rings. The molecule has 1 aromatic carbocycles. The van der Waals surface area contributed by atoms with Gasteiger partial charge in [-0.1, -0.05) is 6.92 Å². The zero-order chi connectivity index (χ0) is 14.5. The molecule has 0 aliphatic carbocycles. The quantitative estimate of drug-likeness (QED) is 0.818. The Kier molecular flexibility index (Phi) is 5.43. The molecule has 2 rings (SSSR count). The zero-order valence-corrected chi connectivity index (χ0v) is 13.3. The van der Waals surface area contributed by atoms with E-state index in [-0.39, 0.29) is 0 Å². The van der Waals surface area contributed by atoms with Gasteiger partial charge in [0.2, 0.25) is 0 Å². The fraction of sp³-hybridized carbons (Fsp3) is 0.600. The first-order chi connectivity index (χ1) is 9.65. The molecule has 0 bridgehead atoms. The van der Waals surface area contributed by atoms with Gasteiger partial charge >= 0.3 is 0 Å². The molecule has 5 heteroatoms. The van der Waals surface area contributed by atoms with Crippen molar-refractivity contribution in [2.75, 3.05) is 38.0 Å². The molecule has 0 fully saturated rings. The van der Waals surface area contributed by atoms with Crippen LogP contribution in [0.15, 0.2) is 12.1 Å². The molecule has 1 aromatic rings. The molecule has 0 aromatic heterocycles. The first-order valence-electron chi connectivity index (χ1n) is 7.02. The molecule has 0 amide bonds. The lowest BCUT2D eigenvalue weighted by atomic mass is 10.1. The van der Waals surface area contributed by atoms with Crippen molar-refractivity contribution < 1.29 is 9.47 Å². The van der Waals surface area contributed by atoms with Crippen LogP contribution in [0.25, 0.3) is 0 Å².